The van der Waals surface area contributed by atoms with E-state index in [1.54, 1.807) is 0 Å². The van der Waals surface area contributed by atoms with E-state index in [1.165, 1.54) is 12.1 Å². The molecule has 0 spiro atoms. The maximum Gasteiger partial charge on any atom is 0.278 e. The van der Waals surface area contributed by atoms with Crippen LogP contribution in [0.25, 0.3) is 11.6 Å². The molecule has 8 nitrogen and oxygen atoms in total. The molecular formula is C21H22Cl2FN7O. The number of rotatable bonds is 4. The first kappa shape index (κ1) is 21.4. The molecule has 0 radical (unpaired) electrons. The van der Waals surface area contributed by atoms with Gasteiger partial charge in [0.1, 0.15) is 5.82 Å². The molecule has 0 bridgehead atoms. The van der Waals surface area contributed by atoms with E-state index in [2.05, 4.69) is 35.9 Å². The Kier molecular flexibility index (Phi) is 5.88. The van der Waals surface area contributed by atoms with Crippen LogP contribution in [0.15, 0.2) is 22.7 Å². The highest BCUT2D eigenvalue weighted by Gasteiger charge is 2.29. The predicted molar refractivity (Wildman–Crippen MR) is 121 cm³/mol. The van der Waals surface area contributed by atoms with Crippen LogP contribution in [0.5, 0.6) is 0 Å². The van der Waals surface area contributed by atoms with Crippen molar-refractivity contribution in [2.24, 2.45) is 0 Å². The Hall–Kier alpha value is -2.49. The van der Waals surface area contributed by atoms with Crippen molar-refractivity contribution in [1.82, 2.24) is 25.7 Å². The minimum atomic E-state index is -0.502. The van der Waals surface area contributed by atoms with E-state index in [-0.39, 0.29) is 17.0 Å². The van der Waals surface area contributed by atoms with E-state index in [4.69, 9.17) is 27.7 Å². The summed E-state index contributed by atoms with van der Waals surface area (Å²) in [6, 6.07) is 4.35. The Labute approximate surface area is 194 Å². The van der Waals surface area contributed by atoms with Crippen LogP contribution in [-0.2, 0) is 0 Å². The van der Waals surface area contributed by atoms with Gasteiger partial charge in [-0.05, 0) is 51.1 Å². The first-order valence-corrected chi connectivity index (χ1v) is 11.3. The molecule has 32 heavy (non-hydrogen) atoms. The molecule has 11 heteroatoms. The summed E-state index contributed by atoms with van der Waals surface area (Å²) in [5.41, 5.74) is 1.80. The second-order valence-corrected chi connectivity index (χ2v) is 8.78. The van der Waals surface area contributed by atoms with E-state index >= 15 is 0 Å². The number of benzene rings is 1. The number of anilines is 2. The van der Waals surface area contributed by atoms with Crippen LogP contribution in [0, 0.1) is 5.82 Å². The van der Waals surface area contributed by atoms with Gasteiger partial charge >= 0.3 is 0 Å². The lowest BCUT2D eigenvalue weighted by molar-refractivity contribution is 0.391. The summed E-state index contributed by atoms with van der Waals surface area (Å²) in [5.74, 6) is 1.41. The molecule has 2 aliphatic heterocycles. The lowest BCUT2D eigenvalue weighted by Gasteiger charge is -2.36. The Morgan fingerprint density at radius 3 is 2.81 bits per heavy atom. The average molecular weight is 478 g/mol. The Bertz CT molecular complexity index is 1140. The summed E-state index contributed by atoms with van der Waals surface area (Å²) < 4.78 is 19.7. The number of nitrogens with zero attached hydrogens (tertiary/aromatic N) is 5. The SMILES string of the molecule is C[C@H](c1c(Cl)ccc(F)c1Cl)N1CCNc2nnc(-c3nc(C4CCNCC4)no3)cc21. The first-order valence-electron chi connectivity index (χ1n) is 10.6. The summed E-state index contributed by atoms with van der Waals surface area (Å²) in [6.07, 6.45) is 1.94. The van der Waals surface area contributed by atoms with E-state index in [9.17, 15) is 4.39 Å². The fourth-order valence-electron chi connectivity index (χ4n) is 4.32. The number of halogens is 3. The van der Waals surface area contributed by atoms with E-state index in [0.717, 1.165) is 31.6 Å². The van der Waals surface area contributed by atoms with Crippen molar-refractivity contribution in [3.8, 4) is 11.6 Å². The minimum absolute atomic E-state index is 0.0239. The van der Waals surface area contributed by atoms with Gasteiger partial charge in [0.2, 0.25) is 0 Å². The van der Waals surface area contributed by atoms with Gasteiger partial charge in [-0.25, -0.2) is 4.39 Å². The van der Waals surface area contributed by atoms with Gasteiger partial charge < -0.3 is 20.1 Å². The zero-order chi connectivity index (χ0) is 22.2. The minimum Gasteiger partial charge on any atom is -0.365 e. The smallest absolute Gasteiger partial charge is 0.278 e. The third-order valence-electron chi connectivity index (χ3n) is 6.06. The van der Waals surface area contributed by atoms with Crippen LogP contribution in [-0.4, -0.2) is 46.5 Å². The van der Waals surface area contributed by atoms with Crippen molar-refractivity contribution in [3.63, 3.8) is 0 Å². The van der Waals surface area contributed by atoms with Crippen LogP contribution in [0.1, 0.15) is 43.1 Å². The molecule has 2 N–H and O–H groups in total. The molecule has 5 rings (SSSR count). The number of hydrogen-bond acceptors (Lipinski definition) is 8. The van der Waals surface area contributed by atoms with E-state index < -0.39 is 5.82 Å². The molecule has 2 aromatic heterocycles. The van der Waals surface area contributed by atoms with Gasteiger partial charge in [0, 0.05) is 29.6 Å². The fraction of sp³-hybridized carbons (Fsp3) is 0.429. The standard InChI is InChI=1S/C21H22Cl2FN7O/c1-11(17-13(22)2-3-14(24)18(17)23)31-9-8-26-20-16(31)10-15(28-29-20)21-27-19(30-32-21)12-4-6-25-7-5-12/h2-3,10-12,25H,4-9H2,1H3,(H,26,29)/t11-/m1/s1. The second-order valence-electron chi connectivity index (χ2n) is 8.00. The maximum atomic E-state index is 14.1. The quantitative estimate of drug-likeness (QED) is 0.533. The molecule has 3 aromatic rings. The average Bonchev–Trinajstić information content (AvgIpc) is 3.32. The van der Waals surface area contributed by atoms with Gasteiger partial charge in [0.25, 0.3) is 5.89 Å². The van der Waals surface area contributed by atoms with Crippen LogP contribution >= 0.6 is 23.2 Å². The van der Waals surface area contributed by atoms with E-state index in [0.29, 0.717) is 46.9 Å². The molecule has 0 amide bonds. The third-order valence-corrected chi connectivity index (χ3v) is 6.77. The highest BCUT2D eigenvalue weighted by Crippen LogP contribution is 2.40. The Balaban J connectivity index is 1.48. The number of fused-ring (bicyclic) bond motifs is 1. The van der Waals surface area contributed by atoms with Crippen molar-refractivity contribution in [2.45, 2.75) is 31.7 Å². The molecule has 168 valence electrons. The van der Waals surface area contributed by atoms with Crippen LogP contribution < -0.4 is 15.5 Å². The lowest BCUT2D eigenvalue weighted by Crippen LogP contribution is -2.37. The zero-order valence-electron chi connectivity index (χ0n) is 17.4. The van der Waals surface area contributed by atoms with Crippen molar-refractivity contribution in [3.05, 3.63) is 45.4 Å². The summed E-state index contributed by atoms with van der Waals surface area (Å²) in [7, 11) is 0. The number of nitrogens with one attached hydrogen (secondary N) is 2. The highest BCUT2D eigenvalue weighted by molar-refractivity contribution is 6.36. The van der Waals surface area contributed by atoms with Crippen molar-refractivity contribution in [2.75, 3.05) is 36.4 Å². The predicted octanol–water partition coefficient (Wildman–Crippen LogP) is 4.43. The van der Waals surface area contributed by atoms with Gasteiger partial charge in [0.05, 0.1) is 16.8 Å². The molecular weight excluding hydrogens is 456 g/mol. The normalized spacial score (nSPS) is 17.7. The molecule has 2 aliphatic rings. The highest BCUT2D eigenvalue weighted by atomic mass is 35.5. The molecule has 1 aromatic carbocycles. The van der Waals surface area contributed by atoms with E-state index in [1.807, 2.05) is 13.0 Å². The van der Waals surface area contributed by atoms with Crippen molar-refractivity contribution >= 4 is 34.7 Å². The molecule has 4 heterocycles. The second kappa shape index (κ2) is 8.80. The molecule has 0 unspecified atom stereocenters. The molecule has 1 saturated heterocycles. The molecule has 0 aliphatic carbocycles. The monoisotopic (exact) mass is 477 g/mol. The molecule has 1 atom stereocenters. The number of hydrogen-bond donors (Lipinski definition) is 2. The Morgan fingerprint density at radius 2 is 2.00 bits per heavy atom. The Morgan fingerprint density at radius 1 is 1.19 bits per heavy atom. The largest absolute Gasteiger partial charge is 0.365 e. The zero-order valence-corrected chi connectivity index (χ0v) is 18.9. The number of aromatic nitrogens is 4. The van der Waals surface area contributed by atoms with Gasteiger partial charge in [-0.1, -0.05) is 28.4 Å². The fourth-order valence-corrected chi connectivity index (χ4v) is 5.00. The maximum absolute atomic E-state index is 14.1. The van der Waals surface area contributed by atoms with Crippen LogP contribution in [0.4, 0.5) is 15.9 Å². The molecule has 1 fully saturated rings. The number of piperidine rings is 1. The topological polar surface area (TPSA) is 92.0 Å². The third kappa shape index (κ3) is 3.89. The summed E-state index contributed by atoms with van der Waals surface area (Å²) in [6.45, 7) is 5.11. The van der Waals surface area contributed by atoms with Gasteiger partial charge in [-0.2, -0.15) is 4.98 Å². The molecule has 0 saturated carbocycles. The van der Waals surface area contributed by atoms with Crippen LogP contribution in [0.3, 0.4) is 0 Å². The van der Waals surface area contributed by atoms with Gasteiger partial charge in [-0.3, -0.25) is 0 Å². The first-order chi connectivity index (χ1) is 15.5. The summed E-state index contributed by atoms with van der Waals surface area (Å²) in [4.78, 5) is 6.65. The lowest BCUT2D eigenvalue weighted by atomic mass is 9.98. The van der Waals surface area contributed by atoms with Crippen molar-refractivity contribution < 1.29 is 8.91 Å². The van der Waals surface area contributed by atoms with Gasteiger partial charge in [-0.15, -0.1) is 10.2 Å². The summed E-state index contributed by atoms with van der Waals surface area (Å²) >= 11 is 12.7. The van der Waals surface area contributed by atoms with Gasteiger partial charge in [0.15, 0.2) is 17.3 Å². The van der Waals surface area contributed by atoms with Crippen molar-refractivity contribution in [1.29, 1.82) is 0 Å². The van der Waals surface area contributed by atoms with Crippen LogP contribution in [0.2, 0.25) is 10.0 Å². The summed E-state index contributed by atoms with van der Waals surface area (Å²) in [5, 5.41) is 19.8.